The molecule has 0 unspecified atom stereocenters. The van der Waals surface area contributed by atoms with Crippen molar-refractivity contribution in [3.05, 3.63) is 48.3 Å². The lowest BCUT2D eigenvalue weighted by molar-refractivity contribution is 0.460. The first kappa shape index (κ1) is 12.4. The van der Waals surface area contributed by atoms with Gasteiger partial charge in [0.05, 0.1) is 5.69 Å². The van der Waals surface area contributed by atoms with Gasteiger partial charge >= 0.3 is 0 Å². The Kier molecular flexibility index (Phi) is 3.65. The van der Waals surface area contributed by atoms with Crippen molar-refractivity contribution in [3.63, 3.8) is 0 Å². The van der Waals surface area contributed by atoms with E-state index < -0.39 is 0 Å². The summed E-state index contributed by atoms with van der Waals surface area (Å²) in [6.45, 7) is 2.25. The molecule has 3 rings (SSSR count). The Labute approximate surface area is 114 Å². The van der Waals surface area contributed by atoms with E-state index in [-0.39, 0.29) is 0 Å². The first-order valence-electron chi connectivity index (χ1n) is 7.19. The second-order valence-corrected chi connectivity index (χ2v) is 5.38. The quantitative estimate of drug-likeness (QED) is 0.906. The Morgan fingerprint density at radius 2 is 2.00 bits per heavy atom. The number of hydrogen-bond donors (Lipinski definition) is 1. The Morgan fingerprint density at radius 3 is 2.74 bits per heavy atom. The van der Waals surface area contributed by atoms with Crippen molar-refractivity contribution in [2.45, 2.75) is 44.7 Å². The molecule has 1 aromatic heterocycles. The number of benzene rings is 1. The molecule has 3 nitrogen and oxygen atoms in total. The monoisotopic (exact) mass is 255 g/mol. The van der Waals surface area contributed by atoms with Crippen LogP contribution in [0.15, 0.2) is 42.7 Å². The molecule has 1 saturated carbocycles. The molecule has 0 aliphatic heterocycles. The Balaban J connectivity index is 1.83. The third-order valence-corrected chi connectivity index (χ3v) is 4.00. The number of hydrogen-bond acceptors (Lipinski definition) is 2. The van der Waals surface area contributed by atoms with Gasteiger partial charge in [0.25, 0.3) is 0 Å². The van der Waals surface area contributed by atoms with Gasteiger partial charge in [0.15, 0.2) is 0 Å². The molecule has 1 aliphatic rings. The average Bonchev–Trinajstić information content (AvgIpc) is 3.11. The number of aromatic nitrogens is 2. The van der Waals surface area contributed by atoms with Crippen LogP contribution < -0.4 is 5.32 Å². The van der Waals surface area contributed by atoms with Gasteiger partial charge in [-0.2, -0.15) is 5.10 Å². The summed E-state index contributed by atoms with van der Waals surface area (Å²) in [5.74, 6) is 0. The van der Waals surface area contributed by atoms with E-state index in [1.165, 1.54) is 36.9 Å². The summed E-state index contributed by atoms with van der Waals surface area (Å²) in [7, 11) is 0. The molecule has 1 fully saturated rings. The highest BCUT2D eigenvalue weighted by molar-refractivity contribution is 5.42. The van der Waals surface area contributed by atoms with E-state index >= 15 is 0 Å². The first-order valence-corrected chi connectivity index (χ1v) is 7.19. The van der Waals surface area contributed by atoms with Crippen LogP contribution in [0.1, 0.15) is 44.2 Å². The second kappa shape index (κ2) is 5.57. The predicted molar refractivity (Wildman–Crippen MR) is 77.4 cm³/mol. The fraction of sp³-hybridized carbons (Fsp3) is 0.438. The lowest BCUT2D eigenvalue weighted by atomic mass is 10.0. The summed E-state index contributed by atoms with van der Waals surface area (Å²) in [5.41, 5.74) is 2.49. The summed E-state index contributed by atoms with van der Waals surface area (Å²) in [4.78, 5) is 0. The summed E-state index contributed by atoms with van der Waals surface area (Å²) < 4.78 is 1.95. The Hall–Kier alpha value is -1.61. The van der Waals surface area contributed by atoms with E-state index in [0.29, 0.717) is 12.1 Å². The molecule has 1 aromatic carbocycles. The van der Waals surface area contributed by atoms with Crippen LogP contribution in [0.5, 0.6) is 0 Å². The highest BCUT2D eigenvalue weighted by atomic mass is 15.3. The molecule has 19 heavy (non-hydrogen) atoms. The summed E-state index contributed by atoms with van der Waals surface area (Å²) in [6, 6.07) is 11.5. The Morgan fingerprint density at radius 1 is 1.21 bits per heavy atom. The molecule has 3 heteroatoms. The van der Waals surface area contributed by atoms with E-state index in [1.807, 2.05) is 23.1 Å². The van der Waals surface area contributed by atoms with E-state index in [2.05, 4.69) is 41.6 Å². The molecule has 0 spiro atoms. The molecule has 1 heterocycles. The summed E-state index contributed by atoms with van der Waals surface area (Å²) in [6.07, 6.45) is 9.19. The Bertz CT molecular complexity index is 513. The number of nitrogens with zero attached hydrogens (tertiary/aromatic N) is 2. The van der Waals surface area contributed by atoms with Crippen molar-refractivity contribution in [3.8, 4) is 5.69 Å². The molecule has 1 N–H and O–H groups in total. The van der Waals surface area contributed by atoms with Crippen LogP contribution in [0.3, 0.4) is 0 Å². The highest BCUT2D eigenvalue weighted by Crippen LogP contribution is 2.25. The molecule has 2 aromatic rings. The minimum absolute atomic E-state index is 0.364. The summed E-state index contributed by atoms with van der Waals surface area (Å²) in [5, 5.41) is 8.11. The van der Waals surface area contributed by atoms with Crippen LogP contribution in [0.2, 0.25) is 0 Å². The van der Waals surface area contributed by atoms with Crippen LogP contribution >= 0.6 is 0 Å². The van der Waals surface area contributed by atoms with E-state index in [9.17, 15) is 0 Å². The molecule has 0 bridgehead atoms. The highest BCUT2D eigenvalue weighted by Gasteiger charge is 2.19. The van der Waals surface area contributed by atoms with Gasteiger partial charge in [0.2, 0.25) is 0 Å². The fourth-order valence-corrected chi connectivity index (χ4v) is 3.01. The van der Waals surface area contributed by atoms with Crippen LogP contribution in [-0.2, 0) is 0 Å². The van der Waals surface area contributed by atoms with Crippen LogP contribution in [0.25, 0.3) is 5.69 Å². The maximum absolute atomic E-state index is 4.35. The molecule has 100 valence electrons. The van der Waals surface area contributed by atoms with E-state index in [1.54, 1.807) is 0 Å². The minimum atomic E-state index is 0.364. The number of rotatable bonds is 4. The van der Waals surface area contributed by atoms with Crippen molar-refractivity contribution in [1.82, 2.24) is 15.1 Å². The van der Waals surface area contributed by atoms with Crippen LogP contribution in [0, 0.1) is 0 Å². The van der Waals surface area contributed by atoms with E-state index in [0.717, 1.165) is 0 Å². The van der Waals surface area contributed by atoms with Crippen molar-refractivity contribution in [2.75, 3.05) is 0 Å². The number of para-hydroxylation sites is 1. The van der Waals surface area contributed by atoms with Crippen molar-refractivity contribution < 1.29 is 0 Å². The minimum Gasteiger partial charge on any atom is -0.307 e. The molecule has 1 atom stereocenters. The first-order chi connectivity index (χ1) is 9.34. The maximum atomic E-state index is 4.35. The van der Waals surface area contributed by atoms with Crippen LogP contribution in [-0.4, -0.2) is 15.8 Å². The third-order valence-electron chi connectivity index (χ3n) is 4.00. The third kappa shape index (κ3) is 2.71. The SMILES string of the molecule is C[C@@H](NC1CCCC1)c1ccccc1-n1cccn1. The van der Waals surface area contributed by atoms with Crippen molar-refractivity contribution >= 4 is 0 Å². The predicted octanol–water partition coefficient (Wildman–Crippen LogP) is 3.47. The zero-order chi connectivity index (χ0) is 13.1. The molecule has 1 aliphatic carbocycles. The van der Waals surface area contributed by atoms with Gasteiger partial charge in [-0.05, 0) is 37.5 Å². The van der Waals surface area contributed by atoms with Crippen LogP contribution in [0.4, 0.5) is 0 Å². The van der Waals surface area contributed by atoms with E-state index in [4.69, 9.17) is 0 Å². The second-order valence-electron chi connectivity index (χ2n) is 5.38. The topological polar surface area (TPSA) is 29.9 Å². The van der Waals surface area contributed by atoms with Gasteiger partial charge in [-0.15, -0.1) is 0 Å². The number of nitrogens with one attached hydrogen (secondary N) is 1. The standard InChI is InChI=1S/C16H21N3/c1-13(18-14-7-2-3-8-14)15-9-4-5-10-16(15)19-12-6-11-17-19/h4-6,9-14,18H,2-3,7-8H2,1H3/t13-/m1/s1. The summed E-state index contributed by atoms with van der Waals surface area (Å²) >= 11 is 0. The van der Waals surface area contributed by atoms with Gasteiger partial charge in [0.1, 0.15) is 0 Å². The van der Waals surface area contributed by atoms with Gasteiger partial charge < -0.3 is 5.32 Å². The average molecular weight is 255 g/mol. The molecule has 0 saturated heterocycles. The van der Waals surface area contributed by atoms with Crippen molar-refractivity contribution in [1.29, 1.82) is 0 Å². The van der Waals surface area contributed by atoms with Gasteiger partial charge in [-0.1, -0.05) is 31.0 Å². The fourth-order valence-electron chi connectivity index (χ4n) is 3.01. The normalized spacial score (nSPS) is 17.7. The molecule has 0 radical (unpaired) electrons. The van der Waals surface area contributed by atoms with Crippen molar-refractivity contribution in [2.24, 2.45) is 0 Å². The molecular formula is C16H21N3. The smallest absolute Gasteiger partial charge is 0.0693 e. The zero-order valence-electron chi connectivity index (χ0n) is 11.4. The largest absolute Gasteiger partial charge is 0.307 e. The molecular weight excluding hydrogens is 234 g/mol. The lowest BCUT2D eigenvalue weighted by Gasteiger charge is -2.22. The lowest BCUT2D eigenvalue weighted by Crippen LogP contribution is -2.29. The van der Waals surface area contributed by atoms with Gasteiger partial charge in [-0.25, -0.2) is 4.68 Å². The van der Waals surface area contributed by atoms with Gasteiger partial charge in [0, 0.05) is 24.5 Å². The maximum Gasteiger partial charge on any atom is 0.0693 e. The van der Waals surface area contributed by atoms with Gasteiger partial charge in [-0.3, -0.25) is 0 Å². The zero-order valence-corrected chi connectivity index (χ0v) is 11.4. The molecule has 0 amide bonds.